The van der Waals surface area contributed by atoms with E-state index in [0.29, 0.717) is 5.41 Å². The largest absolute Gasteiger partial charge is 0.0651 e. The quantitative estimate of drug-likeness (QED) is 0.661. The second kappa shape index (κ2) is 3.42. The minimum atomic E-state index is 0.416. The highest BCUT2D eigenvalue weighted by atomic mass is 14.3. The van der Waals surface area contributed by atoms with Crippen LogP contribution in [0, 0.1) is 0 Å². The Balaban J connectivity index is 2.38. The molecule has 0 nitrogen and oxygen atoms in total. The van der Waals surface area contributed by atoms with Crippen LogP contribution in [0.3, 0.4) is 0 Å². The fourth-order valence-electron chi connectivity index (χ4n) is 2.50. The third-order valence-corrected chi connectivity index (χ3v) is 3.46. The van der Waals surface area contributed by atoms with Gasteiger partial charge in [-0.1, -0.05) is 45.4 Å². The first-order valence-corrected chi connectivity index (χ1v) is 5.76. The summed E-state index contributed by atoms with van der Waals surface area (Å²) >= 11 is 0. The van der Waals surface area contributed by atoms with Crippen molar-refractivity contribution in [2.75, 3.05) is 0 Å². The fourth-order valence-corrected chi connectivity index (χ4v) is 2.50. The van der Waals surface area contributed by atoms with Crippen molar-refractivity contribution < 1.29 is 0 Å². The van der Waals surface area contributed by atoms with Crippen molar-refractivity contribution in [1.29, 1.82) is 0 Å². The van der Waals surface area contributed by atoms with Crippen molar-refractivity contribution in [2.45, 2.75) is 51.9 Å². The lowest BCUT2D eigenvalue weighted by Crippen LogP contribution is -2.12. The summed E-state index contributed by atoms with van der Waals surface area (Å²) in [4.78, 5) is 0. The molecule has 0 atom stereocenters. The van der Waals surface area contributed by atoms with Gasteiger partial charge in [0.1, 0.15) is 0 Å². The Bertz CT molecular complexity index is 334. The van der Waals surface area contributed by atoms with Crippen LogP contribution in [-0.4, -0.2) is 0 Å². The van der Waals surface area contributed by atoms with Crippen molar-refractivity contribution in [2.24, 2.45) is 0 Å². The van der Waals surface area contributed by atoms with E-state index in [9.17, 15) is 0 Å². The summed E-state index contributed by atoms with van der Waals surface area (Å²) in [6.45, 7) is 6.99. The van der Waals surface area contributed by atoms with Crippen LogP contribution in [0.25, 0.3) is 0 Å². The molecule has 1 aromatic rings. The van der Waals surface area contributed by atoms with Crippen molar-refractivity contribution >= 4 is 0 Å². The van der Waals surface area contributed by atoms with E-state index >= 15 is 0 Å². The van der Waals surface area contributed by atoms with Gasteiger partial charge in [-0.2, -0.15) is 0 Å². The van der Waals surface area contributed by atoms with E-state index in [1.165, 1.54) is 31.2 Å². The molecule has 1 aliphatic carbocycles. The average Bonchev–Trinajstić information content (AvgIpc) is 2.44. The minimum Gasteiger partial charge on any atom is -0.0651 e. The molecule has 0 N–H and O–H groups in total. The van der Waals surface area contributed by atoms with Gasteiger partial charge in [0.05, 0.1) is 0 Å². The lowest BCUT2D eigenvalue weighted by atomic mass is 9.85. The molecule has 0 bridgehead atoms. The molecule has 0 aromatic heterocycles. The van der Waals surface area contributed by atoms with Crippen LogP contribution in [0.1, 0.15) is 50.3 Å². The highest BCUT2D eigenvalue weighted by molar-refractivity contribution is 5.41. The Morgan fingerprint density at radius 3 is 2.79 bits per heavy atom. The van der Waals surface area contributed by atoms with Crippen LogP contribution in [-0.2, 0) is 18.3 Å². The van der Waals surface area contributed by atoms with Gasteiger partial charge in [-0.25, -0.2) is 0 Å². The first-order chi connectivity index (χ1) is 6.63. The van der Waals surface area contributed by atoms with Crippen LogP contribution in [0.4, 0.5) is 0 Å². The zero-order valence-electron chi connectivity index (χ0n) is 9.56. The van der Waals surface area contributed by atoms with Crippen molar-refractivity contribution in [3.63, 3.8) is 0 Å². The van der Waals surface area contributed by atoms with Gasteiger partial charge < -0.3 is 0 Å². The third kappa shape index (κ3) is 1.58. The number of hydrogen-bond acceptors (Lipinski definition) is 0. The summed E-state index contributed by atoms with van der Waals surface area (Å²) in [5, 5.41) is 0. The molecular formula is C14H20. The second-order valence-corrected chi connectivity index (χ2v) is 5.13. The van der Waals surface area contributed by atoms with Crippen LogP contribution in [0.5, 0.6) is 0 Å². The second-order valence-electron chi connectivity index (χ2n) is 5.13. The first-order valence-electron chi connectivity index (χ1n) is 5.76. The molecule has 0 fully saturated rings. The molecule has 0 saturated heterocycles. The maximum absolute atomic E-state index is 2.44. The predicted molar refractivity (Wildman–Crippen MR) is 61.8 cm³/mol. The Morgan fingerprint density at radius 2 is 2.07 bits per heavy atom. The predicted octanol–water partition coefficient (Wildman–Crippen LogP) is 3.86. The molecule has 14 heavy (non-hydrogen) atoms. The molecule has 0 radical (unpaired) electrons. The van der Waals surface area contributed by atoms with Gasteiger partial charge in [0.25, 0.3) is 0 Å². The standard InChI is InChI=1S/C14H20/c1-4-5-11-6-7-12-8-9-14(2,3)13(12)10-11/h6-7,10H,4-5,8-9H2,1-3H3. The zero-order valence-corrected chi connectivity index (χ0v) is 9.56. The topological polar surface area (TPSA) is 0 Å². The maximum atomic E-state index is 2.44. The highest BCUT2D eigenvalue weighted by Crippen LogP contribution is 2.38. The average molecular weight is 188 g/mol. The molecule has 2 rings (SSSR count). The normalized spacial score (nSPS) is 18.2. The summed E-state index contributed by atoms with van der Waals surface area (Å²) in [6, 6.07) is 7.09. The number of hydrogen-bond donors (Lipinski definition) is 0. The monoisotopic (exact) mass is 188 g/mol. The van der Waals surface area contributed by atoms with E-state index < -0.39 is 0 Å². The molecule has 0 heteroatoms. The van der Waals surface area contributed by atoms with Crippen molar-refractivity contribution in [1.82, 2.24) is 0 Å². The van der Waals surface area contributed by atoms with Gasteiger partial charge in [0, 0.05) is 0 Å². The highest BCUT2D eigenvalue weighted by Gasteiger charge is 2.29. The lowest BCUT2D eigenvalue weighted by Gasteiger charge is -2.19. The molecule has 76 valence electrons. The van der Waals surface area contributed by atoms with Gasteiger partial charge in [-0.15, -0.1) is 0 Å². The fraction of sp³-hybridized carbons (Fsp3) is 0.571. The van der Waals surface area contributed by atoms with Gasteiger partial charge in [0.15, 0.2) is 0 Å². The van der Waals surface area contributed by atoms with E-state index in [0.717, 1.165) is 0 Å². The smallest absolute Gasteiger partial charge is 0.00976 e. The molecule has 0 heterocycles. The number of rotatable bonds is 2. The number of aryl methyl sites for hydroxylation is 2. The Hall–Kier alpha value is -0.780. The van der Waals surface area contributed by atoms with Crippen LogP contribution >= 0.6 is 0 Å². The van der Waals surface area contributed by atoms with Gasteiger partial charge in [-0.3, -0.25) is 0 Å². The zero-order chi connectivity index (χ0) is 10.2. The van der Waals surface area contributed by atoms with Gasteiger partial charge in [-0.05, 0) is 41.4 Å². The Kier molecular flexibility index (Phi) is 2.38. The van der Waals surface area contributed by atoms with E-state index in [2.05, 4.69) is 39.0 Å². The first kappa shape index (κ1) is 9.76. The van der Waals surface area contributed by atoms with Crippen LogP contribution < -0.4 is 0 Å². The van der Waals surface area contributed by atoms with Gasteiger partial charge in [0.2, 0.25) is 0 Å². The Morgan fingerprint density at radius 1 is 1.29 bits per heavy atom. The molecule has 1 aliphatic rings. The minimum absolute atomic E-state index is 0.416. The van der Waals surface area contributed by atoms with E-state index in [-0.39, 0.29) is 0 Å². The summed E-state index contributed by atoms with van der Waals surface area (Å²) in [5.74, 6) is 0. The lowest BCUT2D eigenvalue weighted by molar-refractivity contribution is 0.522. The van der Waals surface area contributed by atoms with E-state index in [4.69, 9.17) is 0 Å². The molecule has 0 spiro atoms. The molecule has 0 amide bonds. The van der Waals surface area contributed by atoms with E-state index in [1.54, 1.807) is 11.1 Å². The van der Waals surface area contributed by atoms with Crippen molar-refractivity contribution in [3.8, 4) is 0 Å². The summed E-state index contributed by atoms with van der Waals surface area (Å²) < 4.78 is 0. The molecule has 0 unspecified atom stereocenters. The molecule has 0 aliphatic heterocycles. The van der Waals surface area contributed by atoms with E-state index in [1.807, 2.05) is 0 Å². The molecule has 1 aromatic carbocycles. The summed E-state index contributed by atoms with van der Waals surface area (Å²) in [5.41, 5.74) is 5.11. The van der Waals surface area contributed by atoms with Crippen LogP contribution in [0.15, 0.2) is 18.2 Å². The summed E-state index contributed by atoms with van der Waals surface area (Å²) in [6.07, 6.45) is 5.06. The molecular weight excluding hydrogens is 168 g/mol. The number of benzene rings is 1. The molecule has 0 saturated carbocycles. The van der Waals surface area contributed by atoms with Crippen molar-refractivity contribution in [3.05, 3.63) is 34.9 Å². The Labute approximate surface area is 87.3 Å². The summed E-state index contributed by atoms with van der Waals surface area (Å²) in [7, 11) is 0. The number of fused-ring (bicyclic) bond motifs is 1. The maximum Gasteiger partial charge on any atom is -0.00976 e. The SMILES string of the molecule is CCCc1ccc2c(c1)C(C)(C)CC2. The van der Waals surface area contributed by atoms with Gasteiger partial charge >= 0.3 is 0 Å². The van der Waals surface area contributed by atoms with Crippen LogP contribution in [0.2, 0.25) is 0 Å². The third-order valence-electron chi connectivity index (χ3n) is 3.46.